The SMILES string of the molecule is CS(=O)(=O)N1CC(C(=O)Nc2ccc(Oc3ccccc3)cc2)C1. The number of carbonyl (C=O) groups is 1. The first-order valence-corrected chi connectivity index (χ1v) is 9.35. The van der Waals surface area contributed by atoms with Crippen LogP contribution in [0, 0.1) is 5.92 Å². The Morgan fingerprint density at radius 1 is 1.04 bits per heavy atom. The van der Waals surface area contributed by atoms with E-state index in [0.717, 1.165) is 12.0 Å². The Bertz CT molecular complexity index is 813. The monoisotopic (exact) mass is 346 g/mol. The number of hydrogen-bond acceptors (Lipinski definition) is 4. The van der Waals surface area contributed by atoms with Crippen molar-refractivity contribution in [1.82, 2.24) is 4.31 Å². The normalized spacial score (nSPS) is 15.5. The number of carbonyl (C=O) groups excluding carboxylic acids is 1. The van der Waals surface area contributed by atoms with Gasteiger partial charge in [0.15, 0.2) is 0 Å². The molecule has 1 heterocycles. The summed E-state index contributed by atoms with van der Waals surface area (Å²) in [7, 11) is -3.20. The van der Waals surface area contributed by atoms with Crippen LogP contribution in [0.25, 0.3) is 0 Å². The molecule has 0 aliphatic carbocycles. The standard InChI is InChI=1S/C17H18N2O4S/c1-24(21,22)19-11-13(12-19)17(20)18-14-7-9-16(10-8-14)23-15-5-3-2-4-6-15/h2-10,13H,11-12H2,1H3,(H,18,20). The second-order valence-electron chi connectivity index (χ2n) is 5.71. The van der Waals surface area contributed by atoms with Crippen LogP contribution in [0.2, 0.25) is 0 Å². The highest BCUT2D eigenvalue weighted by Gasteiger charge is 2.37. The van der Waals surface area contributed by atoms with E-state index in [1.165, 1.54) is 4.31 Å². The van der Waals surface area contributed by atoms with E-state index in [1.54, 1.807) is 24.3 Å². The maximum atomic E-state index is 12.1. The fourth-order valence-corrected chi connectivity index (χ4v) is 3.25. The molecule has 1 fully saturated rings. The van der Waals surface area contributed by atoms with Gasteiger partial charge < -0.3 is 10.1 Å². The highest BCUT2D eigenvalue weighted by atomic mass is 32.2. The summed E-state index contributed by atoms with van der Waals surface area (Å²) in [6, 6.07) is 16.5. The minimum atomic E-state index is -3.20. The number of rotatable bonds is 5. The van der Waals surface area contributed by atoms with Gasteiger partial charge in [-0.25, -0.2) is 12.7 Å². The number of amides is 1. The van der Waals surface area contributed by atoms with Gasteiger partial charge in [0.05, 0.1) is 12.2 Å². The van der Waals surface area contributed by atoms with E-state index in [-0.39, 0.29) is 24.9 Å². The lowest BCUT2D eigenvalue weighted by Crippen LogP contribution is -2.53. The minimum Gasteiger partial charge on any atom is -0.457 e. The van der Waals surface area contributed by atoms with Crippen molar-refractivity contribution in [1.29, 1.82) is 0 Å². The summed E-state index contributed by atoms with van der Waals surface area (Å²) in [5.41, 5.74) is 0.651. The summed E-state index contributed by atoms with van der Waals surface area (Å²) in [6.07, 6.45) is 1.15. The molecule has 7 heteroatoms. The molecule has 0 bridgehead atoms. The van der Waals surface area contributed by atoms with E-state index < -0.39 is 10.0 Å². The maximum absolute atomic E-state index is 12.1. The Balaban J connectivity index is 1.54. The highest BCUT2D eigenvalue weighted by molar-refractivity contribution is 7.88. The second-order valence-corrected chi connectivity index (χ2v) is 7.69. The molecule has 0 atom stereocenters. The Kier molecular flexibility index (Phi) is 4.55. The van der Waals surface area contributed by atoms with E-state index in [2.05, 4.69) is 5.32 Å². The van der Waals surface area contributed by atoms with Crippen molar-refractivity contribution in [2.24, 2.45) is 5.92 Å². The van der Waals surface area contributed by atoms with E-state index in [1.807, 2.05) is 30.3 Å². The van der Waals surface area contributed by atoms with Crippen LogP contribution < -0.4 is 10.1 Å². The average Bonchev–Trinajstić information content (AvgIpc) is 2.47. The lowest BCUT2D eigenvalue weighted by Gasteiger charge is -2.35. The molecule has 2 aromatic carbocycles. The molecular formula is C17H18N2O4S. The van der Waals surface area contributed by atoms with Crippen molar-refractivity contribution in [2.75, 3.05) is 24.7 Å². The number of hydrogen-bond donors (Lipinski definition) is 1. The first-order chi connectivity index (χ1) is 11.4. The molecule has 3 rings (SSSR count). The van der Waals surface area contributed by atoms with Crippen molar-refractivity contribution in [2.45, 2.75) is 0 Å². The molecule has 1 N–H and O–H groups in total. The molecule has 1 aliphatic rings. The van der Waals surface area contributed by atoms with Crippen molar-refractivity contribution >= 4 is 21.6 Å². The van der Waals surface area contributed by atoms with Gasteiger partial charge in [0.1, 0.15) is 11.5 Å². The van der Waals surface area contributed by atoms with Gasteiger partial charge in [-0.3, -0.25) is 4.79 Å². The van der Waals surface area contributed by atoms with Crippen LogP contribution in [0.15, 0.2) is 54.6 Å². The van der Waals surface area contributed by atoms with Gasteiger partial charge in [0, 0.05) is 18.8 Å². The van der Waals surface area contributed by atoms with Crippen LogP contribution >= 0.6 is 0 Å². The maximum Gasteiger partial charge on any atom is 0.230 e. The van der Waals surface area contributed by atoms with E-state index in [0.29, 0.717) is 11.4 Å². The molecule has 0 aromatic heterocycles. The smallest absolute Gasteiger partial charge is 0.230 e. The number of nitrogens with zero attached hydrogens (tertiary/aromatic N) is 1. The summed E-state index contributed by atoms with van der Waals surface area (Å²) in [4.78, 5) is 12.1. The topological polar surface area (TPSA) is 75.7 Å². The molecule has 6 nitrogen and oxygen atoms in total. The van der Waals surface area contributed by atoms with Gasteiger partial charge >= 0.3 is 0 Å². The summed E-state index contributed by atoms with van der Waals surface area (Å²) in [5.74, 6) is 0.933. The lowest BCUT2D eigenvalue weighted by molar-refractivity contribution is -0.122. The predicted molar refractivity (Wildman–Crippen MR) is 91.5 cm³/mol. The molecule has 1 amide bonds. The molecule has 0 spiro atoms. The number of ether oxygens (including phenoxy) is 1. The number of benzene rings is 2. The lowest BCUT2D eigenvalue weighted by atomic mass is 10.0. The van der Waals surface area contributed by atoms with Crippen LogP contribution in [-0.4, -0.2) is 38.0 Å². The number of nitrogens with one attached hydrogen (secondary N) is 1. The second kappa shape index (κ2) is 6.62. The van der Waals surface area contributed by atoms with Crippen LogP contribution in [0.3, 0.4) is 0 Å². The molecule has 126 valence electrons. The predicted octanol–water partition coefficient (Wildman–Crippen LogP) is 2.31. The van der Waals surface area contributed by atoms with Crippen molar-refractivity contribution in [3.05, 3.63) is 54.6 Å². The van der Waals surface area contributed by atoms with Crippen LogP contribution in [0.4, 0.5) is 5.69 Å². The molecule has 1 aliphatic heterocycles. The van der Waals surface area contributed by atoms with Gasteiger partial charge in [-0.1, -0.05) is 18.2 Å². The van der Waals surface area contributed by atoms with Gasteiger partial charge in [-0.2, -0.15) is 0 Å². The first-order valence-electron chi connectivity index (χ1n) is 7.51. The molecule has 0 radical (unpaired) electrons. The molecular weight excluding hydrogens is 328 g/mol. The van der Waals surface area contributed by atoms with Crippen LogP contribution in [0.5, 0.6) is 11.5 Å². The largest absolute Gasteiger partial charge is 0.457 e. The Labute approximate surface area is 141 Å². The minimum absolute atomic E-state index is 0.174. The van der Waals surface area contributed by atoms with Crippen molar-refractivity contribution < 1.29 is 17.9 Å². The van der Waals surface area contributed by atoms with Gasteiger partial charge in [-0.15, -0.1) is 0 Å². The van der Waals surface area contributed by atoms with Gasteiger partial charge in [0.2, 0.25) is 15.9 Å². The third kappa shape index (κ3) is 3.93. The zero-order chi connectivity index (χ0) is 17.2. The Hall–Kier alpha value is -2.38. The summed E-state index contributed by atoms with van der Waals surface area (Å²) in [5, 5.41) is 2.79. The summed E-state index contributed by atoms with van der Waals surface area (Å²) in [6.45, 7) is 0.472. The van der Waals surface area contributed by atoms with E-state index in [4.69, 9.17) is 4.74 Å². The van der Waals surface area contributed by atoms with Gasteiger partial charge in [-0.05, 0) is 36.4 Å². The molecule has 0 saturated carbocycles. The quantitative estimate of drug-likeness (QED) is 0.901. The number of sulfonamides is 1. The average molecular weight is 346 g/mol. The molecule has 2 aromatic rings. The molecule has 0 unspecified atom stereocenters. The van der Waals surface area contributed by atoms with Gasteiger partial charge in [0.25, 0.3) is 0 Å². The summed E-state index contributed by atoms with van der Waals surface area (Å²) >= 11 is 0. The van der Waals surface area contributed by atoms with Crippen LogP contribution in [-0.2, 0) is 14.8 Å². The zero-order valence-corrected chi connectivity index (χ0v) is 14.0. The van der Waals surface area contributed by atoms with Crippen LogP contribution in [0.1, 0.15) is 0 Å². The van der Waals surface area contributed by atoms with E-state index >= 15 is 0 Å². The van der Waals surface area contributed by atoms with Crippen molar-refractivity contribution in [3.63, 3.8) is 0 Å². The summed E-state index contributed by atoms with van der Waals surface area (Å²) < 4.78 is 29.6. The number of para-hydroxylation sites is 1. The molecule has 24 heavy (non-hydrogen) atoms. The number of anilines is 1. The van der Waals surface area contributed by atoms with E-state index in [9.17, 15) is 13.2 Å². The Morgan fingerprint density at radius 2 is 1.62 bits per heavy atom. The highest BCUT2D eigenvalue weighted by Crippen LogP contribution is 2.24. The third-order valence-electron chi connectivity index (χ3n) is 3.79. The van der Waals surface area contributed by atoms with Crippen molar-refractivity contribution in [3.8, 4) is 11.5 Å². The molecule has 1 saturated heterocycles. The third-order valence-corrected chi connectivity index (χ3v) is 5.02. The Morgan fingerprint density at radius 3 is 2.21 bits per heavy atom. The first kappa shape index (κ1) is 16.5. The fourth-order valence-electron chi connectivity index (χ4n) is 2.35. The fraction of sp³-hybridized carbons (Fsp3) is 0.235. The zero-order valence-electron chi connectivity index (χ0n) is 13.2.